The van der Waals surface area contributed by atoms with Crippen molar-refractivity contribution in [2.24, 2.45) is 11.8 Å². The summed E-state index contributed by atoms with van der Waals surface area (Å²) < 4.78 is 2.02. The van der Waals surface area contributed by atoms with E-state index >= 15 is 0 Å². The van der Waals surface area contributed by atoms with Crippen molar-refractivity contribution in [1.29, 1.82) is 0 Å². The Morgan fingerprint density at radius 2 is 2.15 bits per heavy atom. The van der Waals surface area contributed by atoms with Gasteiger partial charge < -0.3 is 5.32 Å². The second kappa shape index (κ2) is 4.90. The van der Waals surface area contributed by atoms with Crippen LogP contribution in [0.15, 0.2) is 6.20 Å². The molecular weight excluding hydrogens is 250 g/mol. The molecule has 0 bridgehead atoms. The second-order valence-corrected chi connectivity index (χ2v) is 6.70. The zero-order valence-corrected chi connectivity index (χ0v) is 12.0. The van der Waals surface area contributed by atoms with Crippen LogP contribution in [0, 0.1) is 11.8 Å². The summed E-state index contributed by atoms with van der Waals surface area (Å²) in [6.45, 7) is 0.969. The molecule has 1 amide bonds. The lowest BCUT2D eigenvalue weighted by Gasteiger charge is -2.20. The maximum atomic E-state index is 12.6. The number of aromatic nitrogens is 2. The van der Waals surface area contributed by atoms with E-state index in [-0.39, 0.29) is 5.91 Å². The predicted molar refractivity (Wildman–Crippen MR) is 76.5 cm³/mol. The Hall–Kier alpha value is -1.32. The Balaban J connectivity index is 1.49. The number of aryl methyl sites for hydroxylation is 1. The highest BCUT2D eigenvalue weighted by molar-refractivity contribution is 5.95. The molecule has 20 heavy (non-hydrogen) atoms. The van der Waals surface area contributed by atoms with Crippen LogP contribution < -0.4 is 5.32 Å². The molecule has 1 aliphatic heterocycles. The predicted octanol–water partition coefficient (Wildman–Crippen LogP) is 2.53. The lowest BCUT2D eigenvalue weighted by molar-refractivity contribution is 0.0925. The lowest BCUT2D eigenvalue weighted by Crippen LogP contribution is -2.38. The Bertz CT molecular complexity index is 522. The molecule has 0 unspecified atom stereocenters. The van der Waals surface area contributed by atoms with Crippen LogP contribution >= 0.6 is 0 Å². The smallest absolute Gasteiger partial charge is 0.254 e. The van der Waals surface area contributed by atoms with Crippen LogP contribution in [0.4, 0.5) is 0 Å². The molecule has 3 aliphatic rings. The first-order chi connectivity index (χ1) is 9.83. The van der Waals surface area contributed by atoms with Crippen molar-refractivity contribution in [3.8, 4) is 0 Å². The van der Waals surface area contributed by atoms with Crippen molar-refractivity contribution in [2.45, 2.75) is 64.0 Å². The second-order valence-electron chi connectivity index (χ2n) is 6.70. The topological polar surface area (TPSA) is 46.9 Å². The molecule has 1 aromatic heterocycles. The van der Waals surface area contributed by atoms with E-state index in [4.69, 9.17) is 0 Å². The molecule has 2 fully saturated rings. The van der Waals surface area contributed by atoms with Gasteiger partial charge in [-0.05, 0) is 50.4 Å². The molecule has 0 saturated heterocycles. The third-order valence-corrected chi connectivity index (χ3v) is 5.63. The minimum absolute atomic E-state index is 0.116. The van der Waals surface area contributed by atoms with E-state index in [2.05, 4.69) is 10.4 Å². The summed E-state index contributed by atoms with van der Waals surface area (Å²) >= 11 is 0. The standard InChI is InChI=1S/C16H23N3O/c20-16(13-10-17-19-9-2-1-6-15(13)19)18-14-8-7-11-4-3-5-12(11)14/h10-12,14H,1-9H2,(H,18,20)/t11-,12-,14-/m0/s1. The number of hydrogen-bond donors (Lipinski definition) is 1. The summed E-state index contributed by atoms with van der Waals surface area (Å²) in [5.41, 5.74) is 1.97. The van der Waals surface area contributed by atoms with Gasteiger partial charge in [0.05, 0.1) is 17.5 Å². The summed E-state index contributed by atoms with van der Waals surface area (Å²) in [5, 5.41) is 7.69. The van der Waals surface area contributed by atoms with Gasteiger partial charge in [0.2, 0.25) is 0 Å². The molecule has 0 spiro atoms. The Morgan fingerprint density at radius 1 is 1.20 bits per heavy atom. The molecule has 108 valence electrons. The van der Waals surface area contributed by atoms with Crippen molar-refractivity contribution in [1.82, 2.24) is 15.1 Å². The molecule has 2 aliphatic carbocycles. The van der Waals surface area contributed by atoms with E-state index in [1.807, 2.05) is 4.68 Å². The minimum atomic E-state index is 0.116. The van der Waals surface area contributed by atoms with E-state index in [9.17, 15) is 4.79 Å². The fourth-order valence-electron chi connectivity index (χ4n) is 4.60. The average molecular weight is 273 g/mol. The first-order valence-electron chi connectivity index (χ1n) is 8.18. The molecule has 2 saturated carbocycles. The average Bonchev–Trinajstić information content (AvgIpc) is 3.14. The van der Waals surface area contributed by atoms with Crippen LogP contribution in [-0.4, -0.2) is 21.7 Å². The number of rotatable bonds is 2. The van der Waals surface area contributed by atoms with Crippen LogP contribution in [0.5, 0.6) is 0 Å². The number of nitrogens with one attached hydrogen (secondary N) is 1. The third kappa shape index (κ3) is 1.97. The normalized spacial score (nSPS) is 31.9. The van der Waals surface area contributed by atoms with Gasteiger partial charge in [0, 0.05) is 12.6 Å². The van der Waals surface area contributed by atoms with Gasteiger partial charge in [0.1, 0.15) is 0 Å². The number of carbonyl (C=O) groups excluding carboxylic acids is 1. The summed E-state index contributed by atoms with van der Waals surface area (Å²) in [5.74, 6) is 1.73. The largest absolute Gasteiger partial charge is 0.349 e. The van der Waals surface area contributed by atoms with Gasteiger partial charge in [-0.1, -0.05) is 12.8 Å². The van der Waals surface area contributed by atoms with Gasteiger partial charge in [-0.2, -0.15) is 5.10 Å². The van der Waals surface area contributed by atoms with E-state index in [0.29, 0.717) is 6.04 Å². The van der Waals surface area contributed by atoms with Crippen molar-refractivity contribution in [3.63, 3.8) is 0 Å². The van der Waals surface area contributed by atoms with Gasteiger partial charge in [0.25, 0.3) is 5.91 Å². The molecule has 4 rings (SSSR count). The SMILES string of the molecule is O=C(N[C@H]1CC[C@@H]2CCC[C@@H]21)c1cnn2c1CCCC2. The lowest BCUT2D eigenvalue weighted by atomic mass is 9.97. The van der Waals surface area contributed by atoms with E-state index in [0.717, 1.165) is 36.1 Å². The Morgan fingerprint density at radius 3 is 3.10 bits per heavy atom. The van der Waals surface area contributed by atoms with E-state index in [1.165, 1.54) is 44.9 Å². The minimum Gasteiger partial charge on any atom is -0.349 e. The van der Waals surface area contributed by atoms with Crippen molar-refractivity contribution < 1.29 is 4.79 Å². The van der Waals surface area contributed by atoms with Gasteiger partial charge in [0.15, 0.2) is 0 Å². The first-order valence-corrected chi connectivity index (χ1v) is 8.18. The molecule has 0 radical (unpaired) electrons. The number of hydrogen-bond acceptors (Lipinski definition) is 2. The third-order valence-electron chi connectivity index (χ3n) is 5.63. The van der Waals surface area contributed by atoms with Crippen molar-refractivity contribution in [3.05, 3.63) is 17.5 Å². The van der Waals surface area contributed by atoms with Crippen LogP contribution in [0.2, 0.25) is 0 Å². The van der Waals surface area contributed by atoms with Gasteiger partial charge in [-0.25, -0.2) is 0 Å². The zero-order chi connectivity index (χ0) is 13.5. The number of fused-ring (bicyclic) bond motifs is 2. The number of amides is 1. The van der Waals surface area contributed by atoms with E-state index < -0.39 is 0 Å². The fourth-order valence-corrected chi connectivity index (χ4v) is 4.60. The fraction of sp³-hybridized carbons (Fsp3) is 0.750. The molecule has 0 aromatic carbocycles. The molecule has 1 aromatic rings. The Labute approximate surface area is 119 Å². The number of carbonyl (C=O) groups is 1. The molecule has 3 atom stereocenters. The van der Waals surface area contributed by atoms with Crippen LogP contribution in [0.3, 0.4) is 0 Å². The zero-order valence-electron chi connectivity index (χ0n) is 12.0. The Kier molecular flexibility index (Phi) is 3.04. The summed E-state index contributed by atoms with van der Waals surface area (Å²) in [7, 11) is 0. The highest BCUT2D eigenvalue weighted by Crippen LogP contribution is 2.44. The first kappa shape index (κ1) is 12.4. The molecule has 4 heteroatoms. The summed E-state index contributed by atoms with van der Waals surface area (Å²) in [6, 6.07) is 0.411. The van der Waals surface area contributed by atoms with Crippen molar-refractivity contribution in [2.75, 3.05) is 0 Å². The highest BCUT2D eigenvalue weighted by atomic mass is 16.1. The number of nitrogens with zero attached hydrogens (tertiary/aromatic N) is 2. The maximum Gasteiger partial charge on any atom is 0.254 e. The molecule has 2 heterocycles. The summed E-state index contributed by atoms with van der Waals surface area (Å²) in [6.07, 6.45) is 11.7. The van der Waals surface area contributed by atoms with Crippen molar-refractivity contribution >= 4 is 5.91 Å². The molecule has 4 nitrogen and oxygen atoms in total. The summed E-state index contributed by atoms with van der Waals surface area (Å²) in [4.78, 5) is 12.6. The molecular formula is C16H23N3O. The van der Waals surface area contributed by atoms with Gasteiger partial charge in [-0.15, -0.1) is 0 Å². The van der Waals surface area contributed by atoms with Gasteiger partial charge >= 0.3 is 0 Å². The maximum absolute atomic E-state index is 12.6. The highest BCUT2D eigenvalue weighted by Gasteiger charge is 2.40. The van der Waals surface area contributed by atoms with Crippen LogP contribution in [0.25, 0.3) is 0 Å². The molecule has 1 N–H and O–H groups in total. The van der Waals surface area contributed by atoms with Gasteiger partial charge in [-0.3, -0.25) is 9.48 Å². The quantitative estimate of drug-likeness (QED) is 0.900. The van der Waals surface area contributed by atoms with Crippen LogP contribution in [0.1, 0.15) is 61.0 Å². The van der Waals surface area contributed by atoms with Crippen LogP contribution in [-0.2, 0) is 13.0 Å². The van der Waals surface area contributed by atoms with E-state index in [1.54, 1.807) is 6.20 Å². The monoisotopic (exact) mass is 273 g/mol.